The van der Waals surface area contributed by atoms with Gasteiger partial charge in [-0.3, -0.25) is 10.1 Å². The monoisotopic (exact) mass is 342 g/mol. The van der Waals surface area contributed by atoms with Crippen LogP contribution in [0.3, 0.4) is 0 Å². The molecule has 0 saturated carbocycles. The molecule has 0 amide bonds. The van der Waals surface area contributed by atoms with Crippen molar-refractivity contribution in [3.63, 3.8) is 0 Å². The maximum Gasteiger partial charge on any atom is 0.323 e. The van der Waals surface area contributed by atoms with Crippen LogP contribution in [0.5, 0.6) is 0 Å². The summed E-state index contributed by atoms with van der Waals surface area (Å²) in [5.74, 6) is -1.72. The Bertz CT molecular complexity index is 947. The van der Waals surface area contributed by atoms with Crippen molar-refractivity contribution in [1.82, 2.24) is 10.3 Å². The van der Waals surface area contributed by atoms with Crippen LogP contribution in [0.4, 0.5) is 8.78 Å². The van der Waals surface area contributed by atoms with Crippen molar-refractivity contribution in [2.24, 2.45) is 0 Å². The van der Waals surface area contributed by atoms with Gasteiger partial charge in [0.2, 0.25) is 0 Å². The molecule has 0 bridgehead atoms. The van der Waals surface area contributed by atoms with E-state index in [9.17, 15) is 13.6 Å². The molecule has 0 saturated heterocycles. The van der Waals surface area contributed by atoms with Gasteiger partial charge in [0.05, 0.1) is 13.2 Å². The molecule has 3 aromatic rings. The largest absolute Gasteiger partial charge is 0.468 e. The number of hydrogen-bond acceptors (Lipinski definition) is 3. The van der Waals surface area contributed by atoms with Gasteiger partial charge in [0.15, 0.2) is 0 Å². The van der Waals surface area contributed by atoms with Crippen molar-refractivity contribution in [3.8, 4) is 0 Å². The van der Waals surface area contributed by atoms with Crippen molar-refractivity contribution in [3.05, 3.63) is 70.9 Å². The van der Waals surface area contributed by atoms with Crippen molar-refractivity contribution < 1.29 is 18.3 Å². The zero-order valence-electron chi connectivity index (χ0n) is 13.5. The van der Waals surface area contributed by atoms with E-state index in [-0.39, 0.29) is 0 Å². The summed E-state index contributed by atoms with van der Waals surface area (Å²) in [6, 6.07) is 9.98. The molecule has 0 radical (unpaired) electrons. The standard InChI is InChI=1S/C19H16F2N2O2/c1-25-19(24)16-9-14-13-4-2-3-5-15(13)22-18(14)17(23-16)10-6-11(20)8-12(21)7-10/h2-8,16-17,22-23H,9H2,1H3/t16-,17-/m0/s1. The van der Waals surface area contributed by atoms with E-state index in [1.165, 1.54) is 19.2 Å². The summed E-state index contributed by atoms with van der Waals surface area (Å²) in [5.41, 5.74) is 3.10. The predicted molar refractivity (Wildman–Crippen MR) is 89.1 cm³/mol. The predicted octanol–water partition coefficient (Wildman–Crippen LogP) is 3.22. The second kappa shape index (κ2) is 5.97. The maximum atomic E-state index is 13.7. The van der Waals surface area contributed by atoms with Crippen LogP contribution >= 0.6 is 0 Å². The Morgan fingerprint density at radius 2 is 1.88 bits per heavy atom. The highest BCUT2D eigenvalue weighted by molar-refractivity contribution is 5.87. The molecule has 25 heavy (non-hydrogen) atoms. The van der Waals surface area contributed by atoms with Crippen LogP contribution in [0.15, 0.2) is 42.5 Å². The third-order valence-corrected chi connectivity index (χ3v) is 4.62. The van der Waals surface area contributed by atoms with Gasteiger partial charge in [-0.05, 0) is 29.3 Å². The van der Waals surface area contributed by atoms with Gasteiger partial charge in [0.1, 0.15) is 17.7 Å². The highest BCUT2D eigenvalue weighted by atomic mass is 19.1. The average molecular weight is 342 g/mol. The summed E-state index contributed by atoms with van der Waals surface area (Å²) >= 11 is 0. The molecule has 2 atom stereocenters. The first kappa shape index (κ1) is 15.8. The Balaban J connectivity index is 1.90. The van der Waals surface area contributed by atoms with E-state index in [0.717, 1.165) is 28.2 Å². The number of hydrogen-bond donors (Lipinski definition) is 2. The lowest BCUT2D eigenvalue weighted by Gasteiger charge is -2.30. The van der Waals surface area contributed by atoms with Crippen LogP contribution < -0.4 is 5.32 Å². The Morgan fingerprint density at radius 3 is 2.60 bits per heavy atom. The lowest BCUT2D eigenvalue weighted by Crippen LogP contribution is -2.45. The summed E-state index contributed by atoms with van der Waals surface area (Å²) in [7, 11) is 1.33. The highest BCUT2D eigenvalue weighted by Crippen LogP contribution is 2.35. The second-order valence-electron chi connectivity index (χ2n) is 6.15. The lowest BCUT2D eigenvalue weighted by atomic mass is 9.90. The van der Waals surface area contributed by atoms with Gasteiger partial charge in [0.25, 0.3) is 0 Å². The number of benzene rings is 2. The average Bonchev–Trinajstić information content (AvgIpc) is 2.98. The molecular weight excluding hydrogens is 326 g/mol. The topological polar surface area (TPSA) is 54.1 Å². The fraction of sp³-hybridized carbons (Fsp3) is 0.211. The highest BCUT2D eigenvalue weighted by Gasteiger charge is 2.34. The summed E-state index contributed by atoms with van der Waals surface area (Å²) in [5, 5.41) is 4.15. The van der Waals surface area contributed by atoms with Gasteiger partial charge < -0.3 is 9.72 Å². The molecule has 0 fully saturated rings. The first-order valence-corrected chi connectivity index (χ1v) is 7.96. The van der Waals surface area contributed by atoms with Crippen molar-refractivity contribution >= 4 is 16.9 Å². The Morgan fingerprint density at radius 1 is 1.16 bits per heavy atom. The number of aromatic amines is 1. The quantitative estimate of drug-likeness (QED) is 0.703. The number of halogens is 2. The van der Waals surface area contributed by atoms with Gasteiger partial charge in [-0.15, -0.1) is 0 Å². The molecule has 1 aromatic heterocycles. The molecule has 128 valence electrons. The van der Waals surface area contributed by atoms with E-state index in [2.05, 4.69) is 10.3 Å². The fourth-order valence-corrected chi connectivity index (χ4v) is 3.53. The number of methoxy groups -OCH3 is 1. The number of rotatable bonds is 2. The van der Waals surface area contributed by atoms with E-state index in [1.54, 1.807) is 0 Å². The summed E-state index contributed by atoms with van der Waals surface area (Å²) in [4.78, 5) is 15.4. The van der Waals surface area contributed by atoms with Gasteiger partial charge in [-0.1, -0.05) is 18.2 Å². The number of ether oxygens (including phenoxy) is 1. The molecular formula is C19H16F2N2O2. The molecule has 4 nitrogen and oxygen atoms in total. The first-order chi connectivity index (χ1) is 12.1. The van der Waals surface area contributed by atoms with Gasteiger partial charge in [-0.25, -0.2) is 8.78 Å². The molecule has 2 aromatic carbocycles. The minimum absolute atomic E-state index is 0.405. The number of para-hydroxylation sites is 1. The van der Waals surface area contributed by atoms with Crippen molar-refractivity contribution in [2.45, 2.75) is 18.5 Å². The van der Waals surface area contributed by atoms with E-state index >= 15 is 0 Å². The second-order valence-corrected chi connectivity index (χ2v) is 6.15. The van der Waals surface area contributed by atoms with E-state index < -0.39 is 29.7 Å². The van der Waals surface area contributed by atoms with Crippen LogP contribution in [0.25, 0.3) is 10.9 Å². The van der Waals surface area contributed by atoms with Crippen LogP contribution in [0, 0.1) is 11.6 Å². The van der Waals surface area contributed by atoms with Crippen LogP contribution in [0.2, 0.25) is 0 Å². The third kappa shape index (κ3) is 2.68. The molecule has 6 heteroatoms. The Labute approximate surface area is 142 Å². The molecule has 1 aliphatic heterocycles. The summed E-state index contributed by atoms with van der Waals surface area (Å²) in [6.45, 7) is 0. The minimum atomic E-state index is -0.658. The first-order valence-electron chi connectivity index (χ1n) is 7.96. The summed E-state index contributed by atoms with van der Waals surface area (Å²) < 4.78 is 32.3. The number of H-pyrrole nitrogens is 1. The van der Waals surface area contributed by atoms with E-state index in [0.29, 0.717) is 12.0 Å². The van der Waals surface area contributed by atoms with Gasteiger partial charge >= 0.3 is 5.97 Å². The molecule has 2 N–H and O–H groups in total. The zero-order valence-corrected chi connectivity index (χ0v) is 13.5. The number of carbonyl (C=O) groups is 1. The van der Waals surface area contributed by atoms with Crippen molar-refractivity contribution in [1.29, 1.82) is 0 Å². The normalized spacial score (nSPS) is 19.6. The van der Waals surface area contributed by atoms with E-state index in [1.807, 2.05) is 24.3 Å². The van der Waals surface area contributed by atoms with Crippen molar-refractivity contribution in [2.75, 3.05) is 7.11 Å². The number of carbonyl (C=O) groups excluding carboxylic acids is 1. The van der Waals surface area contributed by atoms with Crippen LogP contribution in [-0.2, 0) is 16.0 Å². The van der Waals surface area contributed by atoms with E-state index in [4.69, 9.17) is 4.74 Å². The molecule has 4 rings (SSSR count). The molecule has 0 aliphatic carbocycles. The number of esters is 1. The zero-order chi connectivity index (χ0) is 17.6. The smallest absolute Gasteiger partial charge is 0.323 e. The molecule has 0 unspecified atom stereocenters. The summed E-state index contributed by atoms with van der Waals surface area (Å²) in [6.07, 6.45) is 0.445. The van der Waals surface area contributed by atoms with Gasteiger partial charge in [-0.2, -0.15) is 0 Å². The SMILES string of the molecule is COC(=O)[C@@H]1Cc2c([nH]c3ccccc23)[C@H](c2cc(F)cc(F)c2)N1. The number of aromatic nitrogens is 1. The Kier molecular flexibility index (Phi) is 3.77. The molecule has 2 heterocycles. The minimum Gasteiger partial charge on any atom is -0.468 e. The number of nitrogens with one attached hydrogen (secondary N) is 2. The lowest BCUT2D eigenvalue weighted by molar-refractivity contribution is -0.143. The molecule has 0 spiro atoms. The third-order valence-electron chi connectivity index (χ3n) is 4.62. The fourth-order valence-electron chi connectivity index (χ4n) is 3.53. The van der Waals surface area contributed by atoms with Crippen LogP contribution in [0.1, 0.15) is 22.9 Å². The Hall–Kier alpha value is -2.73. The number of fused-ring (bicyclic) bond motifs is 3. The maximum absolute atomic E-state index is 13.7. The molecule has 1 aliphatic rings. The van der Waals surface area contributed by atoms with Gasteiger partial charge in [0, 0.05) is 29.1 Å². The van der Waals surface area contributed by atoms with Crippen LogP contribution in [-0.4, -0.2) is 24.1 Å².